The van der Waals surface area contributed by atoms with Crippen molar-refractivity contribution in [3.8, 4) is 5.75 Å². The molecule has 4 aromatic carbocycles. The number of alkyl halides is 3. The molecule has 0 saturated carbocycles. The van der Waals surface area contributed by atoms with Crippen molar-refractivity contribution in [1.29, 1.82) is 0 Å². The fourth-order valence-electron chi connectivity index (χ4n) is 3.87. The van der Waals surface area contributed by atoms with Crippen molar-refractivity contribution in [3.63, 3.8) is 0 Å². The van der Waals surface area contributed by atoms with Gasteiger partial charge in [-0.2, -0.15) is 13.2 Å². The third-order valence-electron chi connectivity index (χ3n) is 5.64. The highest BCUT2D eigenvalue weighted by atomic mass is 32.2. The van der Waals surface area contributed by atoms with Crippen LogP contribution in [0.1, 0.15) is 16.7 Å². The summed E-state index contributed by atoms with van der Waals surface area (Å²) in [6.45, 7) is 0.334. The molecule has 0 bridgehead atoms. The number of amides is 1. The molecule has 1 aliphatic heterocycles. The zero-order valence-corrected chi connectivity index (χ0v) is 20.3. The largest absolute Gasteiger partial charge is 0.488 e. The van der Waals surface area contributed by atoms with E-state index in [4.69, 9.17) is 17.0 Å². The molecule has 1 fully saturated rings. The van der Waals surface area contributed by atoms with Crippen LogP contribution in [0.25, 0.3) is 16.8 Å². The average molecular weight is 522 g/mol. The average Bonchev–Trinajstić information content (AvgIpc) is 3.15. The van der Waals surface area contributed by atoms with E-state index in [1.165, 1.54) is 12.1 Å². The smallest absolute Gasteiger partial charge is 0.416 e. The second-order valence-electron chi connectivity index (χ2n) is 8.07. The zero-order chi connectivity index (χ0) is 25.3. The molecule has 0 spiro atoms. The van der Waals surface area contributed by atoms with Crippen molar-refractivity contribution >= 4 is 56.7 Å². The Morgan fingerprint density at radius 2 is 1.64 bits per heavy atom. The lowest BCUT2D eigenvalue weighted by Crippen LogP contribution is -2.27. The van der Waals surface area contributed by atoms with Gasteiger partial charge >= 0.3 is 6.18 Å². The maximum absolute atomic E-state index is 13.2. The minimum Gasteiger partial charge on any atom is -0.488 e. The molecule has 1 saturated heterocycles. The fourth-order valence-corrected chi connectivity index (χ4v) is 5.16. The van der Waals surface area contributed by atoms with Gasteiger partial charge in [-0.3, -0.25) is 9.69 Å². The maximum atomic E-state index is 13.2. The SMILES string of the molecule is O=C1/C(=C\c2ccccc2OCc2ccc3ccccc3c2)SC(=S)N1c1cccc(C(F)(F)F)c1. The standard InChI is InChI=1S/C28H18F3NO2S2/c29-28(30,31)22-9-5-10-23(16-22)32-26(33)25(36-27(32)35)15-21-8-3-4-11-24(21)34-17-18-12-13-19-6-1-2-7-20(19)14-18/h1-16H,17H2/b25-15+. The lowest BCUT2D eigenvalue weighted by Gasteiger charge is -2.16. The number of halogens is 3. The third kappa shape index (κ3) is 5.01. The lowest BCUT2D eigenvalue weighted by atomic mass is 10.1. The number of carbonyl (C=O) groups excluding carboxylic acids is 1. The Morgan fingerprint density at radius 3 is 2.44 bits per heavy atom. The quantitative estimate of drug-likeness (QED) is 0.198. The highest BCUT2D eigenvalue weighted by molar-refractivity contribution is 8.27. The van der Waals surface area contributed by atoms with Gasteiger partial charge in [0.15, 0.2) is 4.32 Å². The van der Waals surface area contributed by atoms with Gasteiger partial charge in [-0.15, -0.1) is 0 Å². The number of anilines is 1. The van der Waals surface area contributed by atoms with E-state index in [2.05, 4.69) is 6.07 Å². The van der Waals surface area contributed by atoms with Crippen LogP contribution in [0.15, 0.2) is 95.9 Å². The number of hydrogen-bond donors (Lipinski definition) is 0. The van der Waals surface area contributed by atoms with Crippen molar-refractivity contribution in [2.24, 2.45) is 0 Å². The van der Waals surface area contributed by atoms with E-state index in [9.17, 15) is 18.0 Å². The Hall–Kier alpha value is -3.62. The predicted octanol–water partition coefficient (Wildman–Crippen LogP) is 7.84. The van der Waals surface area contributed by atoms with Crippen molar-refractivity contribution in [3.05, 3.63) is 113 Å². The summed E-state index contributed by atoms with van der Waals surface area (Å²) in [7, 11) is 0. The maximum Gasteiger partial charge on any atom is 0.416 e. The molecule has 4 aromatic rings. The summed E-state index contributed by atoms with van der Waals surface area (Å²) >= 11 is 6.37. The van der Waals surface area contributed by atoms with Crippen molar-refractivity contribution in [2.45, 2.75) is 12.8 Å². The molecule has 5 rings (SSSR count). The first-order valence-corrected chi connectivity index (χ1v) is 12.2. The molecular formula is C28H18F3NO2S2. The number of hydrogen-bond acceptors (Lipinski definition) is 4. The van der Waals surface area contributed by atoms with Crippen LogP contribution >= 0.6 is 24.0 Å². The first-order chi connectivity index (χ1) is 17.3. The number of thioether (sulfide) groups is 1. The van der Waals surface area contributed by atoms with E-state index in [-0.39, 0.29) is 10.0 Å². The van der Waals surface area contributed by atoms with Crippen LogP contribution < -0.4 is 9.64 Å². The van der Waals surface area contributed by atoms with Crippen LogP contribution in [0.4, 0.5) is 18.9 Å². The molecule has 180 valence electrons. The Kier molecular flexibility index (Phi) is 6.55. The molecule has 3 nitrogen and oxygen atoms in total. The molecule has 1 amide bonds. The highest BCUT2D eigenvalue weighted by Crippen LogP contribution is 2.39. The second kappa shape index (κ2) is 9.79. The van der Waals surface area contributed by atoms with Gasteiger partial charge in [0, 0.05) is 5.56 Å². The van der Waals surface area contributed by atoms with Gasteiger partial charge in [0.1, 0.15) is 12.4 Å². The van der Waals surface area contributed by atoms with Crippen LogP contribution in [0.5, 0.6) is 5.75 Å². The summed E-state index contributed by atoms with van der Waals surface area (Å²) in [6, 6.07) is 26.0. The van der Waals surface area contributed by atoms with E-state index < -0.39 is 17.6 Å². The van der Waals surface area contributed by atoms with Crippen molar-refractivity contribution in [1.82, 2.24) is 0 Å². The fraction of sp³-hybridized carbons (Fsp3) is 0.0714. The Balaban J connectivity index is 1.38. The van der Waals surface area contributed by atoms with Gasteiger partial charge in [0.2, 0.25) is 0 Å². The number of benzene rings is 4. The molecule has 0 aliphatic carbocycles. The van der Waals surface area contributed by atoms with Crippen LogP contribution in [0.2, 0.25) is 0 Å². The van der Waals surface area contributed by atoms with E-state index in [0.717, 1.165) is 45.1 Å². The Morgan fingerprint density at radius 1 is 0.889 bits per heavy atom. The number of nitrogens with zero attached hydrogens (tertiary/aromatic N) is 1. The summed E-state index contributed by atoms with van der Waals surface area (Å²) in [6.07, 6.45) is -2.86. The normalized spacial score (nSPS) is 15.2. The Labute approximate surface area is 215 Å². The summed E-state index contributed by atoms with van der Waals surface area (Å²) in [4.78, 5) is 14.6. The molecule has 0 N–H and O–H groups in total. The summed E-state index contributed by atoms with van der Waals surface area (Å²) in [5.74, 6) is 0.101. The van der Waals surface area contributed by atoms with Crippen LogP contribution in [0.3, 0.4) is 0 Å². The minimum atomic E-state index is -4.52. The number of rotatable bonds is 5. The predicted molar refractivity (Wildman–Crippen MR) is 142 cm³/mol. The van der Waals surface area contributed by atoms with Crippen molar-refractivity contribution in [2.75, 3.05) is 4.90 Å². The van der Waals surface area contributed by atoms with Crippen LogP contribution in [-0.2, 0) is 17.6 Å². The van der Waals surface area contributed by atoms with Crippen LogP contribution in [0, 0.1) is 0 Å². The highest BCUT2D eigenvalue weighted by Gasteiger charge is 2.36. The first kappa shape index (κ1) is 24.1. The van der Waals surface area contributed by atoms with Gasteiger partial charge < -0.3 is 4.74 Å². The molecule has 0 radical (unpaired) electrons. The summed E-state index contributed by atoms with van der Waals surface area (Å²) < 4.78 is 45.7. The molecule has 0 aromatic heterocycles. The molecule has 0 atom stereocenters. The zero-order valence-electron chi connectivity index (χ0n) is 18.7. The topological polar surface area (TPSA) is 29.5 Å². The van der Waals surface area contributed by atoms with Gasteiger partial charge in [-0.05, 0) is 52.7 Å². The van der Waals surface area contributed by atoms with E-state index >= 15 is 0 Å². The van der Waals surface area contributed by atoms with E-state index in [0.29, 0.717) is 22.8 Å². The molecule has 1 aliphatic rings. The summed E-state index contributed by atoms with van der Waals surface area (Å²) in [5.41, 5.74) is 0.907. The van der Waals surface area contributed by atoms with Crippen LogP contribution in [-0.4, -0.2) is 10.2 Å². The third-order valence-corrected chi connectivity index (χ3v) is 6.94. The lowest BCUT2D eigenvalue weighted by molar-refractivity contribution is -0.137. The number of fused-ring (bicyclic) bond motifs is 1. The van der Waals surface area contributed by atoms with Gasteiger partial charge in [0.05, 0.1) is 16.2 Å². The van der Waals surface area contributed by atoms with E-state index in [1.54, 1.807) is 12.1 Å². The van der Waals surface area contributed by atoms with Gasteiger partial charge in [0.25, 0.3) is 5.91 Å². The van der Waals surface area contributed by atoms with Gasteiger partial charge in [-0.1, -0.05) is 84.6 Å². The number of thiocarbonyl (C=S) groups is 1. The van der Waals surface area contributed by atoms with Crippen molar-refractivity contribution < 1.29 is 22.7 Å². The molecule has 0 unspecified atom stereocenters. The molecule has 1 heterocycles. The Bertz CT molecular complexity index is 1510. The molecule has 8 heteroatoms. The van der Waals surface area contributed by atoms with E-state index in [1.807, 2.05) is 54.6 Å². The molecule has 36 heavy (non-hydrogen) atoms. The minimum absolute atomic E-state index is 0.0802. The number of ether oxygens (including phenoxy) is 1. The number of para-hydroxylation sites is 1. The summed E-state index contributed by atoms with van der Waals surface area (Å²) in [5, 5.41) is 2.26. The molecular weight excluding hydrogens is 503 g/mol. The number of carbonyl (C=O) groups is 1. The van der Waals surface area contributed by atoms with Gasteiger partial charge in [-0.25, -0.2) is 0 Å². The second-order valence-corrected chi connectivity index (χ2v) is 9.75. The first-order valence-electron chi connectivity index (χ1n) is 10.9. The monoisotopic (exact) mass is 521 g/mol.